The van der Waals surface area contributed by atoms with Gasteiger partial charge in [-0.2, -0.15) is 5.90 Å². The van der Waals surface area contributed by atoms with Gasteiger partial charge in [0.05, 0.1) is 0 Å². The van der Waals surface area contributed by atoms with Crippen molar-refractivity contribution in [3.05, 3.63) is 29.8 Å². The first kappa shape index (κ1) is 6.95. The van der Waals surface area contributed by atoms with Gasteiger partial charge < -0.3 is 4.84 Å². The Morgan fingerprint density at radius 2 is 2.00 bits per heavy atom. The van der Waals surface area contributed by atoms with Gasteiger partial charge in [-0.15, -0.1) is 0 Å². The van der Waals surface area contributed by atoms with Gasteiger partial charge in [0.2, 0.25) is 0 Å². The van der Waals surface area contributed by atoms with E-state index in [0.717, 1.165) is 12.1 Å². The quantitative estimate of drug-likeness (QED) is 0.603. The second kappa shape index (κ2) is 2.62. The van der Waals surface area contributed by atoms with Gasteiger partial charge in [0.1, 0.15) is 5.82 Å². The number of nitrogens with two attached hydrogens (primary N) is 1. The van der Waals surface area contributed by atoms with Crippen LogP contribution in [-0.2, 0) is 0 Å². The summed E-state index contributed by atoms with van der Waals surface area (Å²) in [5, 5.41) is 0. The Bertz CT molecular complexity index is 239. The summed E-state index contributed by atoms with van der Waals surface area (Å²) in [5.41, 5.74) is 0. The van der Waals surface area contributed by atoms with Crippen molar-refractivity contribution in [1.29, 1.82) is 0 Å². The van der Waals surface area contributed by atoms with E-state index in [-0.39, 0.29) is 5.75 Å². The zero-order valence-electron chi connectivity index (χ0n) is 4.97. The molecule has 0 atom stereocenters. The summed E-state index contributed by atoms with van der Waals surface area (Å²) in [4.78, 5) is 4.06. The Labute approximate surface area is 56.2 Å². The average Bonchev–Trinajstić information content (AvgIpc) is 1.88. The predicted molar refractivity (Wildman–Crippen MR) is 31.2 cm³/mol. The van der Waals surface area contributed by atoms with Gasteiger partial charge in [0.15, 0.2) is 11.6 Å². The molecular formula is C6H5F2NO. The van der Waals surface area contributed by atoms with E-state index in [1.165, 1.54) is 0 Å². The number of benzene rings is 1. The molecule has 0 aromatic heterocycles. The van der Waals surface area contributed by atoms with E-state index >= 15 is 0 Å². The highest BCUT2D eigenvalue weighted by Gasteiger charge is 2.01. The van der Waals surface area contributed by atoms with E-state index in [1.54, 1.807) is 0 Å². The molecule has 0 radical (unpaired) electrons. The van der Waals surface area contributed by atoms with E-state index in [4.69, 9.17) is 0 Å². The Morgan fingerprint density at radius 1 is 1.30 bits per heavy atom. The minimum absolute atomic E-state index is 0.165. The first-order valence-electron chi connectivity index (χ1n) is 2.56. The van der Waals surface area contributed by atoms with Crippen molar-refractivity contribution in [1.82, 2.24) is 0 Å². The van der Waals surface area contributed by atoms with Crippen molar-refractivity contribution in [2.75, 3.05) is 0 Å². The molecule has 2 N–H and O–H groups in total. The first-order valence-corrected chi connectivity index (χ1v) is 2.56. The van der Waals surface area contributed by atoms with Crippen molar-refractivity contribution < 1.29 is 13.6 Å². The molecule has 0 aliphatic heterocycles. The predicted octanol–water partition coefficient (Wildman–Crippen LogP) is 1.22. The Hall–Kier alpha value is -1.16. The van der Waals surface area contributed by atoms with Crippen LogP contribution in [0.3, 0.4) is 0 Å². The van der Waals surface area contributed by atoms with Crippen LogP contribution in [0.2, 0.25) is 0 Å². The molecule has 0 aliphatic carbocycles. The van der Waals surface area contributed by atoms with Crippen LogP contribution in [0.5, 0.6) is 5.75 Å². The summed E-state index contributed by atoms with van der Waals surface area (Å²) in [6, 6.07) is 2.87. The molecule has 0 unspecified atom stereocenters. The van der Waals surface area contributed by atoms with E-state index < -0.39 is 11.6 Å². The summed E-state index contributed by atoms with van der Waals surface area (Å²) in [5.74, 6) is 3.02. The molecule has 0 amide bonds. The Kier molecular flexibility index (Phi) is 1.82. The largest absolute Gasteiger partial charge is 0.408 e. The van der Waals surface area contributed by atoms with Crippen LogP contribution in [0, 0.1) is 11.6 Å². The standard InChI is InChI=1S/C6H5F2NO/c7-4-1-2-6(10-9)5(8)3-4/h1-3H,9H2. The number of rotatable bonds is 1. The topological polar surface area (TPSA) is 35.2 Å². The Balaban J connectivity index is 3.07. The minimum atomic E-state index is -0.803. The fourth-order valence-electron chi connectivity index (χ4n) is 0.571. The van der Waals surface area contributed by atoms with Crippen molar-refractivity contribution in [2.24, 2.45) is 5.90 Å². The normalized spacial score (nSPS) is 9.50. The molecular weight excluding hydrogens is 140 g/mol. The lowest BCUT2D eigenvalue weighted by molar-refractivity contribution is 0.314. The monoisotopic (exact) mass is 145 g/mol. The second-order valence-corrected chi connectivity index (χ2v) is 1.69. The highest BCUT2D eigenvalue weighted by molar-refractivity contribution is 5.24. The maximum Gasteiger partial charge on any atom is 0.182 e. The van der Waals surface area contributed by atoms with Gasteiger partial charge in [-0.1, -0.05) is 0 Å². The lowest BCUT2D eigenvalue weighted by Gasteiger charge is -1.97. The highest BCUT2D eigenvalue weighted by Crippen LogP contribution is 2.15. The molecule has 1 aromatic rings. The van der Waals surface area contributed by atoms with Gasteiger partial charge >= 0.3 is 0 Å². The minimum Gasteiger partial charge on any atom is -0.408 e. The third kappa shape index (κ3) is 1.22. The van der Waals surface area contributed by atoms with Crippen LogP contribution in [0.25, 0.3) is 0 Å². The van der Waals surface area contributed by atoms with E-state index in [9.17, 15) is 8.78 Å². The van der Waals surface area contributed by atoms with Gasteiger partial charge in [0, 0.05) is 6.07 Å². The van der Waals surface area contributed by atoms with Crippen molar-refractivity contribution in [3.8, 4) is 5.75 Å². The fourth-order valence-corrected chi connectivity index (χ4v) is 0.571. The SMILES string of the molecule is NOc1ccc(F)cc1F. The second-order valence-electron chi connectivity index (χ2n) is 1.69. The average molecular weight is 145 g/mol. The molecule has 0 bridgehead atoms. The zero-order valence-corrected chi connectivity index (χ0v) is 4.97. The number of hydrogen-bond acceptors (Lipinski definition) is 2. The molecule has 0 spiro atoms. The van der Waals surface area contributed by atoms with E-state index in [1.807, 2.05) is 0 Å². The molecule has 0 aliphatic rings. The molecule has 0 fully saturated rings. The molecule has 0 heterocycles. The van der Waals surface area contributed by atoms with Crippen LogP contribution in [0.1, 0.15) is 0 Å². The van der Waals surface area contributed by atoms with Crippen LogP contribution in [0.4, 0.5) is 8.78 Å². The van der Waals surface area contributed by atoms with E-state index in [0.29, 0.717) is 6.07 Å². The van der Waals surface area contributed by atoms with Crippen molar-refractivity contribution in [3.63, 3.8) is 0 Å². The summed E-state index contributed by atoms with van der Waals surface area (Å²) < 4.78 is 24.6. The molecule has 0 saturated carbocycles. The van der Waals surface area contributed by atoms with Crippen molar-refractivity contribution in [2.45, 2.75) is 0 Å². The zero-order chi connectivity index (χ0) is 7.56. The van der Waals surface area contributed by atoms with Gasteiger partial charge in [-0.3, -0.25) is 0 Å². The molecule has 2 nitrogen and oxygen atoms in total. The third-order valence-corrected chi connectivity index (χ3v) is 1.02. The molecule has 1 aromatic carbocycles. The highest BCUT2D eigenvalue weighted by atomic mass is 19.1. The number of hydrogen-bond donors (Lipinski definition) is 1. The lowest BCUT2D eigenvalue weighted by Crippen LogP contribution is -2.03. The van der Waals surface area contributed by atoms with Crippen molar-refractivity contribution >= 4 is 0 Å². The van der Waals surface area contributed by atoms with E-state index in [2.05, 4.69) is 10.7 Å². The van der Waals surface area contributed by atoms with Crippen LogP contribution >= 0.6 is 0 Å². The Morgan fingerprint density at radius 3 is 2.50 bits per heavy atom. The van der Waals surface area contributed by atoms with Crippen LogP contribution in [-0.4, -0.2) is 0 Å². The lowest BCUT2D eigenvalue weighted by atomic mass is 10.3. The fraction of sp³-hybridized carbons (Fsp3) is 0. The first-order chi connectivity index (χ1) is 4.74. The van der Waals surface area contributed by atoms with Gasteiger partial charge in [0.25, 0.3) is 0 Å². The molecule has 4 heteroatoms. The van der Waals surface area contributed by atoms with Gasteiger partial charge in [-0.05, 0) is 12.1 Å². The van der Waals surface area contributed by atoms with Gasteiger partial charge in [-0.25, -0.2) is 8.78 Å². The third-order valence-electron chi connectivity index (χ3n) is 1.02. The summed E-state index contributed by atoms with van der Waals surface area (Å²) >= 11 is 0. The van der Waals surface area contributed by atoms with Crippen LogP contribution in [0.15, 0.2) is 18.2 Å². The molecule has 54 valence electrons. The smallest absolute Gasteiger partial charge is 0.182 e. The summed E-state index contributed by atoms with van der Waals surface area (Å²) in [6.45, 7) is 0. The number of halogens is 2. The molecule has 1 rings (SSSR count). The molecule has 10 heavy (non-hydrogen) atoms. The maximum absolute atomic E-state index is 12.4. The summed E-state index contributed by atoms with van der Waals surface area (Å²) in [6.07, 6.45) is 0. The molecule has 0 saturated heterocycles. The maximum atomic E-state index is 12.4. The summed E-state index contributed by atoms with van der Waals surface area (Å²) in [7, 11) is 0. The van der Waals surface area contributed by atoms with Crippen LogP contribution < -0.4 is 10.7 Å².